The molecule has 0 spiro atoms. The van der Waals surface area contributed by atoms with Crippen molar-refractivity contribution in [3.63, 3.8) is 0 Å². The third-order valence-electron chi connectivity index (χ3n) is 4.14. The van der Waals surface area contributed by atoms with E-state index >= 15 is 0 Å². The van der Waals surface area contributed by atoms with E-state index in [0.717, 1.165) is 32.8 Å². The van der Waals surface area contributed by atoms with Gasteiger partial charge in [0.25, 0.3) is 5.91 Å². The smallest absolute Gasteiger partial charge is 0.251 e. The van der Waals surface area contributed by atoms with Gasteiger partial charge in [-0.05, 0) is 32.9 Å². The molecule has 1 aromatic rings. The number of quaternary nitrogens is 1. The van der Waals surface area contributed by atoms with Gasteiger partial charge in [-0.25, -0.2) is 0 Å². The van der Waals surface area contributed by atoms with Crippen LogP contribution in [0, 0.1) is 0 Å². The number of carbonyl (C=O) groups is 1. The van der Waals surface area contributed by atoms with Crippen molar-refractivity contribution in [1.29, 1.82) is 0 Å². The number of amides is 1. The Morgan fingerprint density at radius 3 is 2.15 bits per heavy atom. The van der Waals surface area contributed by atoms with E-state index in [9.17, 15) is 4.79 Å². The van der Waals surface area contributed by atoms with Gasteiger partial charge in [0.2, 0.25) is 5.75 Å². The topological polar surface area (TPSA) is 70.5 Å². The summed E-state index contributed by atoms with van der Waals surface area (Å²) in [6, 6.07) is 3.43. The zero-order chi connectivity index (χ0) is 18.8. The van der Waals surface area contributed by atoms with Gasteiger partial charge in [-0.15, -0.1) is 0 Å². The van der Waals surface area contributed by atoms with Crippen molar-refractivity contribution in [2.45, 2.75) is 20.8 Å². The molecule has 0 atom stereocenters. The van der Waals surface area contributed by atoms with E-state index in [1.54, 1.807) is 12.1 Å². The van der Waals surface area contributed by atoms with Crippen LogP contribution in [-0.2, 0) is 4.74 Å². The second-order valence-corrected chi connectivity index (χ2v) is 5.97. The Bertz CT molecular complexity index is 546. The Morgan fingerprint density at radius 1 is 1.04 bits per heavy atom. The zero-order valence-electron chi connectivity index (χ0n) is 16.1. The third kappa shape index (κ3) is 5.78. The Hall–Kier alpha value is -1.99. The van der Waals surface area contributed by atoms with Crippen molar-refractivity contribution < 1.29 is 28.6 Å². The molecule has 2 rings (SSSR count). The molecule has 1 fully saturated rings. The normalized spacial score (nSPS) is 14.7. The molecule has 146 valence electrons. The van der Waals surface area contributed by atoms with Gasteiger partial charge < -0.3 is 29.2 Å². The van der Waals surface area contributed by atoms with Crippen LogP contribution in [0.1, 0.15) is 31.1 Å². The van der Waals surface area contributed by atoms with Crippen LogP contribution in [0.5, 0.6) is 17.2 Å². The van der Waals surface area contributed by atoms with E-state index in [2.05, 4.69) is 5.32 Å². The predicted octanol–water partition coefficient (Wildman–Crippen LogP) is 0.528. The van der Waals surface area contributed by atoms with E-state index in [-0.39, 0.29) is 5.91 Å². The molecule has 1 amide bonds. The molecule has 0 aromatic heterocycles. The minimum absolute atomic E-state index is 0.136. The van der Waals surface area contributed by atoms with Crippen LogP contribution in [0.3, 0.4) is 0 Å². The lowest BCUT2D eigenvalue weighted by Gasteiger charge is -2.23. The van der Waals surface area contributed by atoms with Crippen molar-refractivity contribution in [1.82, 2.24) is 5.32 Å². The van der Waals surface area contributed by atoms with Crippen LogP contribution < -0.4 is 24.4 Å². The molecule has 0 saturated carbocycles. The Balaban J connectivity index is 2.06. The van der Waals surface area contributed by atoms with Crippen LogP contribution in [-0.4, -0.2) is 65.1 Å². The maximum atomic E-state index is 12.6. The molecule has 0 aliphatic carbocycles. The summed E-state index contributed by atoms with van der Waals surface area (Å²) in [6.45, 7) is 12.2. The quantitative estimate of drug-likeness (QED) is 0.631. The third-order valence-corrected chi connectivity index (χ3v) is 4.14. The number of rotatable bonds is 10. The molecule has 1 heterocycles. The molecule has 0 radical (unpaired) electrons. The molecule has 2 N–H and O–H groups in total. The SMILES string of the molecule is CCOc1cc(C(=O)NCC[NH+]2CCOCC2)cc(OCC)c1OCC. The van der Waals surface area contributed by atoms with E-state index in [1.807, 2.05) is 20.8 Å². The van der Waals surface area contributed by atoms with Gasteiger partial charge in [0, 0.05) is 5.56 Å². The van der Waals surface area contributed by atoms with Crippen molar-refractivity contribution in [3.8, 4) is 17.2 Å². The fourth-order valence-corrected chi connectivity index (χ4v) is 2.88. The van der Waals surface area contributed by atoms with Crippen LogP contribution in [0.4, 0.5) is 0 Å². The van der Waals surface area contributed by atoms with Crippen molar-refractivity contribution in [2.75, 3.05) is 59.2 Å². The molecule has 1 aliphatic heterocycles. The second kappa shape index (κ2) is 10.9. The number of benzene rings is 1. The van der Waals surface area contributed by atoms with Crippen LogP contribution in [0.2, 0.25) is 0 Å². The standard InChI is InChI=1S/C19H30N2O5/c1-4-24-16-13-15(14-17(25-5-2)18(16)26-6-3)19(22)20-7-8-21-9-11-23-12-10-21/h13-14H,4-12H2,1-3H3,(H,20,22)/p+1. The summed E-state index contributed by atoms with van der Waals surface area (Å²) in [5.74, 6) is 1.47. The average molecular weight is 367 g/mol. The highest BCUT2D eigenvalue weighted by molar-refractivity contribution is 5.95. The maximum Gasteiger partial charge on any atom is 0.251 e. The summed E-state index contributed by atoms with van der Waals surface area (Å²) < 4.78 is 22.4. The summed E-state index contributed by atoms with van der Waals surface area (Å²) in [5, 5.41) is 2.98. The number of hydrogen-bond acceptors (Lipinski definition) is 5. The van der Waals surface area contributed by atoms with E-state index in [1.165, 1.54) is 4.90 Å². The summed E-state index contributed by atoms with van der Waals surface area (Å²) >= 11 is 0. The fourth-order valence-electron chi connectivity index (χ4n) is 2.88. The van der Waals surface area contributed by atoms with Gasteiger partial charge >= 0.3 is 0 Å². The van der Waals surface area contributed by atoms with Gasteiger partial charge in [-0.1, -0.05) is 0 Å². The maximum absolute atomic E-state index is 12.6. The van der Waals surface area contributed by atoms with E-state index in [0.29, 0.717) is 49.2 Å². The van der Waals surface area contributed by atoms with Crippen LogP contribution in [0.15, 0.2) is 12.1 Å². The molecular weight excluding hydrogens is 336 g/mol. The molecule has 7 heteroatoms. The van der Waals surface area contributed by atoms with Gasteiger partial charge in [0.15, 0.2) is 11.5 Å². The highest BCUT2D eigenvalue weighted by Gasteiger charge is 2.19. The Labute approximate surface area is 155 Å². The molecule has 0 unspecified atom stereocenters. The number of ether oxygens (including phenoxy) is 4. The molecular formula is C19H31N2O5+. The fraction of sp³-hybridized carbons (Fsp3) is 0.632. The first-order valence-electron chi connectivity index (χ1n) is 9.45. The lowest BCUT2D eigenvalue weighted by Crippen LogP contribution is -3.14. The molecule has 26 heavy (non-hydrogen) atoms. The highest BCUT2D eigenvalue weighted by Crippen LogP contribution is 2.39. The monoisotopic (exact) mass is 367 g/mol. The highest BCUT2D eigenvalue weighted by atomic mass is 16.5. The average Bonchev–Trinajstić information content (AvgIpc) is 2.65. The van der Waals surface area contributed by atoms with Gasteiger partial charge in [0.05, 0.1) is 46.1 Å². The number of morpholine rings is 1. The van der Waals surface area contributed by atoms with Crippen LogP contribution >= 0.6 is 0 Å². The predicted molar refractivity (Wildman–Crippen MR) is 98.7 cm³/mol. The van der Waals surface area contributed by atoms with Gasteiger partial charge in [0.1, 0.15) is 13.1 Å². The van der Waals surface area contributed by atoms with Crippen LogP contribution in [0.25, 0.3) is 0 Å². The van der Waals surface area contributed by atoms with Gasteiger partial charge in [-0.3, -0.25) is 4.79 Å². The van der Waals surface area contributed by atoms with Crippen molar-refractivity contribution >= 4 is 5.91 Å². The largest absolute Gasteiger partial charge is 0.490 e. The minimum Gasteiger partial charge on any atom is -0.490 e. The Morgan fingerprint density at radius 2 is 1.62 bits per heavy atom. The summed E-state index contributed by atoms with van der Waals surface area (Å²) in [7, 11) is 0. The molecule has 1 saturated heterocycles. The lowest BCUT2D eigenvalue weighted by atomic mass is 10.1. The number of nitrogens with one attached hydrogen (secondary N) is 2. The van der Waals surface area contributed by atoms with Gasteiger partial charge in [-0.2, -0.15) is 0 Å². The first-order valence-corrected chi connectivity index (χ1v) is 9.45. The zero-order valence-corrected chi connectivity index (χ0v) is 16.1. The first kappa shape index (κ1) is 20.3. The van der Waals surface area contributed by atoms with E-state index in [4.69, 9.17) is 18.9 Å². The number of hydrogen-bond donors (Lipinski definition) is 2. The van der Waals surface area contributed by atoms with Crippen molar-refractivity contribution in [2.24, 2.45) is 0 Å². The first-order chi connectivity index (χ1) is 12.7. The summed E-state index contributed by atoms with van der Waals surface area (Å²) in [5.41, 5.74) is 0.511. The summed E-state index contributed by atoms with van der Waals surface area (Å²) in [6.07, 6.45) is 0. The lowest BCUT2D eigenvalue weighted by molar-refractivity contribution is -0.906. The molecule has 1 aromatic carbocycles. The van der Waals surface area contributed by atoms with E-state index < -0.39 is 0 Å². The number of carbonyl (C=O) groups excluding carboxylic acids is 1. The minimum atomic E-state index is -0.136. The Kier molecular flexibility index (Phi) is 8.50. The molecule has 0 bridgehead atoms. The molecule has 1 aliphatic rings. The summed E-state index contributed by atoms with van der Waals surface area (Å²) in [4.78, 5) is 14.0. The van der Waals surface area contributed by atoms with Crippen molar-refractivity contribution in [3.05, 3.63) is 17.7 Å². The second-order valence-electron chi connectivity index (χ2n) is 5.97. The molecule has 7 nitrogen and oxygen atoms in total.